The third-order valence-corrected chi connectivity index (χ3v) is 2.28. The van der Waals surface area contributed by atoms with Crippen molar-refractivity contribution in [3.8, 4) is 0 Å². The van der Waals surface area contributed by atoms with Gasteiger partial charge in [-0.05, 0) is 32.9 Å². The van der Waals surface area contributed by atoms with Gasteiger partial charge in [0.1, 0.15) is 11.9 Å². The van der Waals surface area contributed by atoms with E-state index in [2.05, 4.69) is 5.32 Å². The zero-order valence-corrected chi connectivity index (χ0v) is 9.71. The molecular weight excluding hydrogens is 209 g/mol. The van der Waals surface area contributed by atoms with Gasteiger partial charge in [0, 0.05) is 11.3 Å². The van der Waals surface area contributed by atoms with E-state index in [4.69, 9.17) is 4.74 Å². The Balaban J connectivity index is 2.73. The van der Waals surface area contributed by atoms with Crippen molar-refractivity contribution in [2.24, 2.45) is 0 Å². The molecule has 0 aliphatic rings. The molecule has 1 aromatic carbocycles. The number of carbonyl (C=O) groups is 1. The largest absolute Gasteiger partial charge is 0.464 e. The van der Waals surface area contributed by atoms with Crippen LogP contribution in [-0.4, -0.2) is 18.6 Å². The van der Waals surface area contributed by atoms with Gasteiger partial charge in [0.15, 0.2) is 0 Å². The van der Waals surface area contributed by atoms with Crippen LogP contribution in [0.15, 0.2) is 18.2 Å². The minimum Gasteiger partial charge on any atom is -0.464 e. The standard InChI is InChI=1S/C12H16FNO2/c1-4-16-12(15)9(3)14-11-7-5-6-10(13)8(11)2/h5-7,9,14H,4H2,1-3H3. The second-order valence-corrected chi connectivity index (χ2v) is 3.53. The Kier molecular flexibility index (Phi) is 4.28. The van der Waals surface area contributed by atoms with Gasteiger partial charge >= 0.3 is 5.97 Å². The molecule has 0 aromatic heterocycles. The molecule has 0 aliphatic heterocycles. The van der Waals surface area contributed by atoms with Gasteiger partial charge in [0.25, 0.3) is 0 Å². The minimum absolute atomic E-state index is 0.291. The van der Waals surface area contributed by atoms with Gasteiger partial charge in [-0.1, -0.05) is 6.07 Å². The zero-order chi connectivity index (χ0) is 12.1. The number of esters is 1. The Morgan fingerprint density at radius 3 is 2.88 bits per heavy atom. The number of rotatable bonds is 4. The number of nitrogens with one attached hydrogen (secondary N) is 1. The molecule has 1 rings (SSSR count). The monoisotopic (exact) mass is 225 g/mol. The van der Waals surface area contributed by atoms with E-state index < -0.39 is 6.04 Å². The molecular formula is C12H16FNO2. The molecule has 0 bridgehead atoms. The summed E-state index contributed by atoms with van der Waals surface area (Å²) in [4.78, 5) is 11.4. The Hall–Kier alpha value is -1.58. The number of hydrogen-bond donors (Lipinski definition) is 1. The highest BCUT2D eigenvalue weighted by molar-refractivity contribution is 5.79. The third-order valence-electron chi connectivity index (χ3n) is 2.28. The van der Waals surface area contributed by atoms with Crippen LogP contribution in [0.4, 0.5) is 10.1 Å². The maximum atomic E-state index is 13.2. The second kappa shape index (κ2) is 5.49. The molecule has 1 aromatic rings. The van der Waals surface area contributed by atoms with Crippen molar-refractivity contribution in [3.05, 3.63) is 29.6 Å². The molecule has 88 valence electrons. The molecule has 3 nitrogen and oxygen atoms in total. The van der Waals surface area contributed by atoms with Gasteiger partial charge < -0.3 is 10.1 Å². The van der Waals surface area contributed by atoms with Gasteiger partial charge in [-0.2, -0.15) is 0 Å². The molecule has 1 unspecified atom stereocenters. The van der Waals surface area contributed by atoms with Gasteiger partial charge in [-0.3, -0.25) is 0 Å². The van der Waals surface area contributed by atoms with E-state index in [1.807, 2.05) is 0 Å². The van der Waals surface area contributed by atoms with Crippen LogP contribution in [0.5, 0.6) is 0 Å². The topological polar surface area (TPSA) is 38.3 Å². The van der Waals surface area contributed by atoms with Crippen molar-refractivity contribution < 1.29 is 13.9 Å². The highest BCUT2D eigenvalue weighted by Crippen LogP contribution is 2.18. The van der Waals surface area contributed by atoms with E-state index in [0.29, 0.717) is 17.9 Å². The van der Waals surface area contributed by atoms with Gasteiger partial charge in [0.05, 0.1) is 6.61 Å². The number of ether oxygens (including phenoxy) is 1. The van der Waals surface area contributed by atoms with Gasteiger partial charge in [-0.25, -0.2) is 9.18 Å². The van der Waals surface area contributed by atoms with Crippen LogP contribution < -0.4 is 5.32 Å². The lowest BCUT2D eigenvalue weighted by atomic mass is 10.1. The predicted octanol–water partition coefficient (Wildman–Crippen LogP) is 2.50. The highest BCUT2D eigenvalue weighted by Gasteiger charge is 2.14. The fourth-order valence-corrected chi connectivity index (χ4v) is 1.32. The molecule has 0 radical (unpaired) electrons. The molecule has 0 fully saturated rings. The fourth-order valence-electron chi connectivity index (χ4n) is 1.32. The number of hydrogen-bond acceptors (Lipinski definition) is 3. The van der Waals surface area contributed by atoms with E-state index >= 15 is 0 Å². The van der Waals surface area contributed by atoms with Crippen molar-refractivity contribution >= 4 is 11.7 Å². The summed E-state index contributed by atoms with van der Waals surface area (Å²) in [6.07, 6.45) is 0. The first-order valence-corrected chi connectivity index (χ1v) is 5.24. The zero-order valence-electron chi connectivity index (χ0n) is 9.71. The van der Waals surface area contributed by atoms with Crippen LogP contribution in [0, 0.1) is 12.7 Å². The van der Waals surface area contributed by atoms with E-state index in [9.17, 15) is 9.18 Å². The average Bonchev–Trinajstić information content (AvgIpc) is 2.25. The number of carbonyl (C=O) groups excluding carboxylic acids is 1. The van der Waals surface area contributed by atoms with Crippen LogP contribution in [0.2, 0.25) is 0 Å². The maximum absolute atomic E-state index is 13.2. The summed E-state index contributed by atoms with van der Waals surface area (Å²) >= 11 is 0. The first kappa shape index (κ1) is 12.5. The van der Waals surface area contributed by atoms with E-state index in [1.165, 1.54) is 6.07 Å². The summed E-state index contributed by atoms with van der Waals surface area (Å²) < 4.78 is 18.1. The van der Waals surface area contributed by atoms with Crippen LogP contribution in [-0.2, 0) is 9.53 Å². The van der Waals surface area contributed by atoms with Gasteiger partial charge in [0.2, 0.25) is 0 Å². The smallest absolute Gasteiger partial charge is 0.328 e. The Morgan fingerprint density at radius 2 is 2.25 bits per heavy atom. The highest BCUT2D eigenvalue weighted by atomic mass is 19.1. The molecule has 0 aliphatic carbocycles. The Bertz CT molecular complexity index is 379. The predicted molar refractivity (Wildman–Crippen MR) is 60.9 cm³/mol. The van der Waals surface area contributed by atoms with Crippen LogP contribution in [0.3, 0.4) is 0 Å². The summed E-state index contributed by atoms with van der Waals surface area (Å²) in [7, 11) is 0. The van der Waals surface area contributed by atoms with E-state index in [0.717, 1.165) is 0 Å². The number of benzene rings is 1. The SMILES string of the molecule is CCOC(=O)C(C)Nc1cccc(F)c1C. The average molecular weight is 225 g/mol. The third kappa shape index (κ3) is 2.95. The lowest BCUT2D eigenvalue weighted by Crippen LogP contribution is -2.28. The molecule has 0 saturated heterocycles. The number of halogens is 1. The van der Waals surface area contributed by atoms with E-state index in [-0.39, 0.29) is 11.8 Å². The van der Waals surface area contributed by atoms with Crippen molar-refractivity contribution in [1.82, 2.24) is 0 Å². The minimum atomic E-state index is -0.486. The number of anilines is 1. The van der Waals surface area contributed by atoms with Crippen LogP contribution >= 0.6 is 0 Å². The molecule has 1 N–H and O–H groups in total. The van der Waals surface area contributed by atoms with Crippen LogP contribution in [0.1, 0.15) is 19.4 Å². The lowest BCUT2D eigenvalue weighted by Gasteiger charge is -2.15. The molecule has 0 heterocycles. The first-order valence-electron chi connectivity index (χ1n) is 5.24. The lowest BCUT2D eigenvalue weighted by molar-refractivity contribution is -0.143. The Morgan fingerprint density at radius 1 is 1.56 bits per heavy atom. The van der Waals surface area contributed by atoms with Gasteiger partial charge in [-0.15, -0.1) is 0 Å². The summed E-state index contributed by atoms with van der Waals surface area (Å²) in [5, 5.41) is 2.92. The summed E-state index contributed by atoms with van der Waals surface area (Å²) in [5.74, 6) is -0.632. The van der Waals surface area contributed by atoms with Crippen molar-refractivity contribution in [1.29, 1.82) is 0 Å². The van der Waals surface area contributed by atoms with Crippen molar-refractivity contribution in [2.75, 3.05) is 11.9 Å². The summed E-state index contributed by atoms with van der Waals surface area (Å²) in [6, 6.07) is 4.23. The Labute approximate surface area is 94.6 Å². The van der Waals surface area contributed by atoms with E-state index in [1.54, 1.807) is 32.9 Å². The normalized spacial score (nSPS) is 12.0. The molecule has 0 saturated carbocycles. The first-order chi connectivity index (χ1) is 7.56. The van der Waals surface area contributed by atoms with Crippen LogP contribution in [0.25, 0.3) is 0 Å². The molecule has 1 atom stereocenters. The summed E-state index contributed by atoms with van der Waals surface area (Å²) in [5.41, 5.74) is 1.11. The quantitative estimate of drug-likeness (QED) is 0.800. The molecule has 0 spiro atoms. The molecule has 0 amide bonds. The molecule has 16 heavy (non-hydrogen) atoms. The van der Waals surface area contributed by atoms with Crippen molar-refractivity contribution in [3.63, 3.8) is 0 Å². The van der Waals surface area contributed by atoms with Crippen molar-refractivity contribution in [2.45, 2.75) is 26.8 Å². The molecule has 4 heteroatoms. The maximum Gasteiger partial charge on any atom is 0.328 e. The summed E-state index contributed by atoms with van der Waals surface area (Å²) in [6.45, 7) is 5.43. The fraction of sp³-hybridized carbons (Fsp3) is 0.417. The second-order valence-electron chi connectivity index (χ2n) is 3.53.